The van der Waals surface area contributed by atoms with Crippen molar-refractivity contribution in [3.05, 3.63) is 116 Å². The summed E-state index contributed by atoms with van der Waals surface area (Å²) in [6.07, 6.45) is 11.0. The number of hydrogen-bond acceptors (Lipinski definition) is 14. The Balaban J connectivity index is 0.000000146. The Hall–Kier alpha value is -5.98. The van der Waals surface area contributed by atoms with E-state index in [1.54, 1.807) is 48.2 Å². The first-order valence-electron chi connectivity index (χ1n) is 21.2. The number of halogens is 3. The number of fused-ring (bicyclic) bond motifs is 4. The second-order valence-corrected chi connectivity index (χ2v) is 19.4. The second kappa shape index (κ2) is 21.3. The molecule has 8 heterocycles. The van der Waals surface area contributed by atoms with E-state index >= 15 is 0 Å². The van der Waals surface area contributed by atoms with Gasteiger partial charge in [-0.1, -0.05) is 31.9 Å². The Morgan fingerprint density at radius 3 is 1.74 bits per heavy atom. The third-order valence-corrected chi connectivity index (χ3v) is 13.8. The lowest BCUT2D eigenvalue weighted by atomic mass is 10.1. The monoisotopic (exact) mass is 1190 g/mol. The van der Waals surface area contributed by atoms with Crippen LogP contribution in [-0.4, -0.2) is 112 Å². The number of aryl methyl sites for hydroxylation is 1. The van der Waals surface area contributed by atoms with Crippen LogP contribution in [0.5, 0.6) is 17.2 Å². The lowest BCUT2D eigenvalue weighted by molar-refractivity contribution is -0.126. The summed E-state index contributed by atoms with van der Waals surface area (Å²) in [4.78, 5) is 42.0. The van der Waals surface area contributed by atoms with E-state index in [1.807, 2.05) is 103 Å². The normalized spacial score (nSPS) is 13.9. The number of methoxy groups -OCH3 is 3. The number of nitrogens with zero attached hydrogens (tertiary/aromatic N) is 10. The molecule has 0 unspecified atom stereocenters. The predicted molar refractivity (Wildman–Crippen MR) is 279 cm³/mol. The first kappa shape index (κ1) is 48.1. The molecule has 17 nitrogen and oxygen atoms in total. The Morgan fingerprint density at radius 1 is 0.638 bits per heavy atom. The van der Waals surface area contributed by atoms with Crippen molar-refractivity contribution in [2.75, 3.05) is 70.6 Å². The van der Waals surface area contributed by atoms with Crippen LogP contribution in [0.3, 0.4) is 0 Å². The van der Waals surface area contributed by atoms with Crippen LogP contribution in [0.2, 0.25) is 0 Å². The minimum Gasteiger partial charge on any atom is -0.495 e. The molecule has 0 bridgehead atoms. The van der Waals surface area contributed by atoms with Crippen molar-refractivity contribution in [1.82, 2.24) is 39.3 Å². The molecule has 352 valence electrons. The van der Waals surface area contributed by atoms with E-state index in [1.165, 1.54) is 11.8 Å². The highest BCUT2D eigenvalue weighted by Crippen LogP contribution is 2.40. The highest BCUT2D eigenvalue weighted by atomic mass is 127. The van der Waals surface area contributed by atoms with Gasteiger partial charge >= 0.3 is 0 Å². The Kier molecular flexibility index (Phi) is 14.9. The molecule has 0 aliphatic carbocycles. The Morgan fingerprint density at radius 2 is 1.19 bits per heavy atom. The number of carbonyl (C=O) groups excluding carboxylic acids is 2. The molecule has 2 aliphatic rings. The minimum atomic E-state index is -0.111. The lowest BCUT2D eigenvalue weighted by Gasteiger charge is -2.28. The molecule has 0 radical (unpaired) electrons. The summed E-state index contributed by atoms with van der Waals surface area (Å²) in [6.45, 7) is 2.12. The van der Waals surface area contributed by atoms with Crippen LogP contribution in [-0.2, 0) is 26.1 Å². The minimum absolute atomic E-state index is 0.0536. The van der Waals surface area contributed by atoms with E-state index in [4.69, 9.17) is 23.7 Å². The molecule has 11 rings (SSSR count). The van der Waals surface area contributed by atoms with Crippen molar-refractivity contribution < 1.29 is 33.3 Å². The molecule has 21 heteroatoms. The van der Waals surface area contributed by atoms with Gasteiger partial charge in [-0.15, -0.1) is 10.2 Å². The van der Waals surface area contributed by atoms with Gasteiger partial charge in [-0.3, -0.25) is 33.6 Å². The van der Waals surface area contributed by atoms with Crippen molar-refractivity contribution in [2.45, 2.75) is 10.1 Å². The molecule has 69 heavy (non-hydrogen) atoms. The summed E-state index contributed by atoms with van der Waals surface area (Å²) in [5.41, 5.74) is 6.69. The molecule has 9 aromatic rings. The van der Waals surface area contributed by atoms with Gasteiger partial charge in [0.15, 0.2) is 22.3 Å². The van der Waals surface area contributed by atoms with Gasteiger partial charge in [0, 0.05) is 79.9 Å². The van der Waals surface area contributed by atoms with Crippen LogP contribution in [0.1, 0.15) is 0 Å². The fourth-order valence-corrected chi connectivity index (χ4v) is 10.0. The molecule has 0 N–H and O–H groups in total. The highest BCUT2D eigenvalue weighted by Gasteiger charge is 2.26. The van der Waals surface area contributed by atoms with Crippen LogP contribution in [0.15, 0.2) is 123 Å². The molecule has 3 aromatic carbocycles. The molecule has 2 fully saturated rings. The number of anilines is 2. The van der Waals surface area contributed by atoms with Crippen molar-refractivity contribution in [2.24, 2.45) is 7.05 Å². The second-order valence-electron chi connectivity index (χ2n) is 15.3. The third-order valence-electron chi connectivity index (χ3n) is 11.1. The maximum Gasteiger partial charge on any atom is 0.253 e. The number of pyridine rings is 4. The van der Waals surface area contributed by atoms with Gasteiger partial charge in [-0.05, 0) is 101 Å². The molecule has 0 atom stereocenters. The number of aromatic nitrogens is 8. The van der Waals surface area contributed by atoms with Crippen molar-refractivity contribution in [1.29, 1.82) is 0 Å². The van der Waals surface area contributed by atoms with Crippen molar-refractivity contribution in [3.63, 3.8) is 0 Å². The molecule has 2 aliphatic heterocycles. The number of benzene rings is 3. The molecule has 6 aromatic heterocycles. The SMILES string of the molecule is COc1c(I)cnc2ccc(Br)cc12.COc1c(N2CCOCC2=O)cnc2ccc(Br)cc12.COc1c(N2CCOCC2=O)cnc2ccc(Sc3nnc4ccc(-c5cnn(C)c5)cn34)cc12. The van der Waals surface area contributed by atoms with E-state index in [0.717, 1.165) is 77.8 Å². The van der Waals surface area contributed by atoms with E-state index in [2.05, 4.69) is 84.7 Å². The fourth-order valence-electron chi connectivity index (χ4n) is 7.80. The summed E-state index contributed by atoms with van der Waals surface area (Å²) in [6, 6.07) is 21.6. The smallest absolute Gasteiger partial charge is 0.253 e. The third kappa shape index (κ3) is 10.3. The Labute approximate surface area is 429 Å². The molecule has 0 saturated carbocycles. The van der Waals surface area contributed by atoms with Gasteiger partial charge in [0.05, 0.1) is 73.3 Å². The Bertz CT molecular complexity index is 3390. The number of morpholine rings is 2. The molecule has 2 amide bonds. The highest BCUT2D eigenvalue weighted by molar-refractivity contribution is 14.1. The van der Waals surface area contributed by atoms with E-state index in [-0.39, 0.29) is 25.0 Å². The van der Waals surface area contributed by atoms with Crippen molar-refractivity contribution >= 4 is 128 Å². The number of amides is 2. The zero-order chi connectivity index (χ0) is 48.2. The van der Waals surface area contributed by atoms with Crippen LogP contribution < -0.4 is 24.0 Å². The lowest BCUT2D eigenvalue weighted by Crippen LogP contribution is -2.41. The summed E-state index contributed by atoms with van der Waals surface area (Å²) >= 11 is 10.6. The van der Waals surface area contributed by atoms with Gasteiger partial charge in [0.1, 0.15) is 30.3 Å². The number of carbonyl (C=O) groups is 2. The first-order chi connectivity index (χ1) is 33.5. The number of hydrogen-bond donors (Lipinski definition) is 0. The summed E-state index contributed by atoms with van der Waals surface area (Å²) in [5.74, 6) is 1.97. The quantitative estimate of drug-likeness (QED) is 0.132. The summed E-state index contributed by atoms with van der Waals surface area (Å²) < 4.78 is 33.8. The average molecular weight is 1190 g/mol. The van der Waals surface area contributed by atoms with Gasteiger partial charge in [0.2, 0.25) is 0 Å². The van der Waals surface area contributed by atoms with Gasteiger partial charge in [0.25, 0.3) is 11.8 Å². The van der Waals surface area contributed by atoms with Crippen LogP contribution in [0.25, 0.3) is 49.5 Å². The molecule has 0 spiro atoms. The van der Waals surface area contributed by atoms with E-state index < -0.39 is 0 Å². The number of ether oxygens (including phenoxy) is 5. The van der Waals surface area contributed by atoms with E-state index in [0.29, 0.717) is 49.2 Å². The van der Waals surface area contributed by atoms with Crippen molar-refractivity contribution in [3.8, 4) is 28.4 Å². The van der Waals surface area contributed by atoms with Gasteiger partial charge < -0.3 is 33.5 Å². The zero-order valence-corrected chi connectivity index (χ0v) is 43.6. The molecular formula is C48H41Br2IN10O7S. The molecular weight excluding hydrogens is 1150 g/mol. The summed E-state index contributed by atoms with van der Waals surface area (Å²) in [5, 5.41) is 16.4. The predicted octanol–water partition coefficient (Wildman–Crippen LogP) is 9.18. The topological polar surface area (TPSA) is 173 Å². The first-order valence-corrected chi connectivity index (χ1v) is 24.7. The van der Waals surface area contributed by atoms with Crippen LogP contribution >= 0.6 is 66.2 Å². The largest absolute Gasteiger partial charge is 0.495 e. The maximum atomic E-state index is 12.4. The maximum absolute atomic E-state index is 12.4. The summed E-state index contributed by atoms with van der Waals surface area (Å²) in [7, 11) is 6.78. The van der Waals surface area contributed by atoms with Gasteiger partial charge in [-0.25, -0.2) is 0 Å². The van der Waals surface area contributed by atoms with Crippen LogP contribution in [0.4, 0.5) is 11.4 Å². The zero-order valence-electron chi connectivity index (χ0n) is 37.4. The van der Waals surface area contributed by atoms with Crippen LogP contribution in [0, 0.1) is 3.57 Å². The molecule has 2 saturated heterocycles. The number of rotatable bonds is 8. The van der Waals surface area contributed by atoms with Gasteiger partial charge in [-0.2, -0.15) is 5.10 Å². The fraction of sp³-hybridized carbons (Fsp3) is 0.208. The average Bonchev–Trinajstić information content (AvgIpc) is 3.99. The van der Waals surface area contributed by atoms with E-state index in [9.17, 15) is 9.59 Å². The standard InChI is InChI=1S/C24H21N7O3S.C14H13BrN2O3.C10H7BrINO/c1-29-12-16(10-26-29)15-3-6-21-27-28-24(31(21)13-15)35-17-4-5-19-18(9-17)23(33-2)20(11-25-19)30-7-8-34-14-22(30)32;1-19-14-10-6-9(15)2-3-11(10)16-7-12(14)17-4-5-20-8-13(17)18;1-14-10-7-4-6(11)2-3-9(7)13-5-8(10)12/h3-6,9-13H,7-8,14H2,1-2H3;2-3,6-7H,4-5,8H2,1H3;2-5H,1H3.